The fourth-order valence-electron chi connectivity index (χ4n) is 3.30. The van der Waals surface area contributed by atoms with Crippen molar-refractivity contribution in [3.8, 4) is 22.8 Å². The summed E-state index contributed by atoms with van der Waals surface area (Å²) in [6.45, 7) is 3.33. The minimum Gasteiger partial charge on any atom is -0.507 e. The maximum absolute atomic E-state index is 10.9. The first-order valence-electron chi connectivity index (χ1n) is 7.85. The van der Waals surface area contributed by atoms with E-state index in [2.05, 4.69) is 4.98 Å². The Balaban J connectivity index is 2.15. The van der Waals surface area contributed by atoms with Crippen molar-refractivity contribution in [2.24, 2.45) is 0 Å². The summed E-state index contributed by atoms with van der Waals surface area (Å²) in [7, 11) is 0. The van der Waals surface area contributed by atoms with Crippen LogP contribution in [0.1, 0.15) is 19.4 Å². The van der Waals surface area contributed by atoms with Crippen LogP contribution in [0.3, 0.4) is 0 Å². The number of hydrogen-bond donors (Lipinski definition) is 3. The Hall–Kier alpha value is -2.37. The Labute approximate surface area is 140 Å². The predicted octanol–water partition coefficient (Wildman–Crippen LogP) is 2.40. The van der Waals surface area contributed by atoms with E-state index in [0.717, 1.165) is 11.1 Å². The topological polar surface area (TPSA) is 82.8 Å². The summed E-state index contributed by atoms with van der Waals surface area (Å²) >= 11 is 0. The van der Waals surface area contributed by atoms with Crippen LogP contribution in [0.15, 0.2) is 48.2 Å². The Morgan fingerprint density at radius 2 is 2.00 bits per heavy atom. The second-order valence-corrected chi connectivity index (χ2v) is 6.27. The standard InChI is InChI=1S/C19H21NO4/c1-12(8-9-21)17-19(2,11-22)15-16(23)14(10-20-18(15)24-17)13-6-4-3-5-7-13/h3-8,10,17,21-22H,9,11H2,1-2H3,(H,20,23)/b12-8+/t17-,19-/m1/s1. The van der Waals surface area contributed by atoms with Gasteiger partial charge in [-0.3, -0.25) is 0 Å². The molecule has 0 saturated carbocycles. The van der Waals surface area contributed by atoms with Gasteiger partial charge in [0.15, 0.2) is 0 Å². The van der Waals surface area contributed by atoms with Crippen molar-refractivity contribution in [2.75, 3.05) is 13.2 Å². The third-order valence-electron chi connectivity index (χ3n) is 4.64. The average Bonchev–Trinajstić information content (AvgIpc) is 2.90. The number of rotatable bonds is 4. The normalized spacial score (nSPS) is 23.0. The number of ether oxygens (including phenoxy) is 1. The van der Waals surface area contributed by atoms with E-state index in [1.165, 1.54) is 0 Å². The Bertz CT molecular complexity index is 772. The van der Waals surface area contributed by atoms with E-state index in [-0.39, 0.29) is 19.0 Å². The summed E-state index contributed by atoms with van der Waals surface area (Å²) in [5.74, 6) is 0.390. The van der Waals surface area contributed by atoms with E-state index >= 15 is 0 Å². The van der Waals surface area contributed by atoms with Crippen LogP contribution in [0.4, 0.5) is 0 Å². The van der Waals surface area contributed by atoms with Gasteiger partial charge in [-0.2, -0.15) is 0 Å². The number of aliphatic hydroxyl groups is 2. The number of nitrogens with zero attached hydrogens (tertiary/aromatic N) is 1. The zero-order valence-electron chi connectivity index (χ0n) is 13.7. The third-order valence-corrected chi connectivity index (χ3v) is 4.64. The molecule has 5 nitrogen and oxygen atoms in total. The van der Waals surface area contributed by atoms with Crippen molar-refractivity contribution in [2.45, 2.75) is 25.4 Å². The van der Waals surface area contributed by atoms with Gasteiger partial charge in [0.2, 0.25) is 5.88 Å². The number of hydrogen-bond acceptors (Lipinski definition) is 5. The molecule has 1 aromatic carbocycles. The molecule has 0 radical (unpaired) electrons. The molecule has 3 rings (SSSR count). The average molecular weight is 327 g/mol. The van der Waals surface area contributed by atoms with E-state index in [9.17, 15) is 10.2 Å². The van der Waals surface area contributed by atoms with Crippen LogP contribution in [-0.2, 0) is 5.41 Å². The second-order valence-electron chi connectivity index (χ2n) is 6.27. The fourth-order valence-corrected chi connectivity index (χ4v) is 3.30. The van der Waals surface area contributed by atoms with E-state index in [4.69, 9.17) is 9.84 Å². The molecule has 0 unspecified atom stereocenters. The maximum atomic E-state index is 10.9. The first-order chi connectivity index (χ1) is 11.5. The minimum absolute atomic E-state index is 0.0713. The van der Waals surface area contributed by atoms with Gasteiger partial charge in [0, 0.05) is 11.8 Å². The van der Waals surface area contributed by atoms with E-state index < -0.39 is 11.5 Å². The molecule has 2 heterocycles. The molecule has 24 heavy (non-hydrogen) atoms. The summed E-state index contributed by atoms with van der Waals surface area (Å²) in [4.78, 5) is 4.35. The van der Waals surface area contributed by atoms with Gasteiger partial charge in [-0.05, 0) is 25.0 Å². The molecule has 0 saturated heterocycles. The van der Waals surface area contributed by atoms with Crippen LogP contribution >= 0.6 is 0 Å². The highest BCUT2D eigenvalue weighted by atomic mass is 16.5. The summed E-state index contributed by atoms with van der Waals surface area (Å²) in [5.41, 5.74) is 1.89. The van der Waals surface area contributed by atoms with Gasteiger partial charge in [-0.25, -0.2) is 4.98 Å². The molecule has 3 N–H and O–H groups in total. The van der Waals surface area contributed by atoms with Crippen LogP contribution in [0, 0.1) is 0 Å². The highest BCUT2D eigenvalue weighted by Gasteiger charge is 2.49. The molecule has 1 aliphatic heterocycles. The fraction of sp³-hybridized carbons (Fsp3) is 0.316. The zero-order chi connectivity index (χ0) is 17.3. The molecule has 2 atom stereocenters. The smallest absolute Gasteiger partial charge is 0.221 e. The van der Waals surface area contributed by atoms with Gasteiger partial charge in [0.1, 0.15) is 11.9 Å². The van der Waals surface area contributed by atoms with E-state index in [0.29, 0.717) is 17.0 Å². The second kappa shape index (κ2) is 6.26. The number of aromatic nitrogens is 1. The molecule has 1 aromatic heterocycles. The molecule has 126 valence electrons. The van der Waals surface area contributed by atoms with Crippen LogP contribution < -0.4 is 4.74 Å². The lowest BCUT2D eigenvalue weighted by atomic mass is 9.76. The van der Waals surface area contributed by atoms with Crippen LogP contribution in [0.2, 0.25) is 0 Å². The Morgan fingerprint density at radius 3 is 2.62 bits per heavy atom. The predicted molar refractivity (Wildman–Crippen MR) is 91.0 cm³/mol. The first-order valence-corrected chi connectivity index (χ1v) is 7.85. The number of pyridine rings is 1. The molecule has 0 aliphatic carbocycles. The zero-order valence-corrected chi connectivity index (χ0v) is 13.7. The van der Waals surface area contributed by atoms with Crippen molar-refractivity contribution in [1.29, 1.82) is 0 Å². The van der Waals surface area contributed by atoms with Gasteiger partial charge >= 0.3 is 0 Å². The SMILES string of the molecule is C/C(=C\CO)[C@H]1Oc2ncc(-c3ccccc3)c(O)c2[C@@]1(C)CO. The van der Waals surface area contributed by atoms with Gasteiger partial charge in [-0.15, -0.1) is 0 Å². The van der Waals surface area contributed by atoms with E-state index in [1.807, 2.05) is 44.2 Å². The lowest BCUT2D eigenvalue weighted by Crippen LogP contribution is -2.39. The summed E-state index contributed by atoms with van der Waals surface area (Å²) in [6.07, 6.45) is 2.73. The molecular weight excluding hydrogens is 306 g/mol. The van der Waals surface area contributed by atoms with Crippen molar-refractivity contribution in [3.05, 3.63) is 53.7 Å². The monoisotopic (exact) mass is 327 g/mol. The van der Waals surface area contributed by atoms with Gasteiger partial charge in [0.05, 0.1) is 24.2 Å². The lowest BCUT2D eigenvalue weighted by Gasteiger charge is -2.29. The largest absolute Gasteiger partial charge is 0.507 e. The summed E-state index contributed by atoms with van der Waals surface area (Å²) in [6, 6.07) is 9.47. The number of fused-ring (bicyclic) bond motifs is 1. The minimum atomic E-state index is -0.840. The lowest BCUT2D eigenvalue weighted by molar-refractivity contribution is 0.119. The molecule has 0 spiro atoms. The number of benzene rings is 1. The molecular formula is C19H21NO4. The van der Waals surface area contributed by atoms with Crippen LogP contribution in [0.5, 0.6) is 11.6 Å². The summed E-state index contributed by atoms with van der Waals surface area (Å²) in [5, 5.41) is 30.0. The van der Waals surface area contributed by atoms with Crippen LogP contribution in [-0.4, -0.2) is 39.6 Å². The number of aromatic hydroxyl groups is 1. The molecule has 5 heteroatoms. The molecule has 2 aromatic rings. The Morgan fingerprint density at radius 1 is 1.29 bits per heavy atom. The van der Waals surface area contributed by atoms with Gasteiger partial charge in [-0.1, -0.05) is 36.4 Å². The highest BCUT2D eigenvalue weighted by Crippen LogP contribution is 2.50. The van der Waals surface area contributed by atoms with Crippen molar-refractivity contribution in [1.82, 2.24) is 4.98 Å². The van der Waals surface area contributed by atoms with Crippen molar-refractivity contribution < 1.29 is 20.1 Å². The molecule has 0 fully saturated rings. The van der Waals surface area contributed by atoms with Crippen molar-refractivity contribution >= 4 is 0 Å². The highest BCUT2D eigenvalue weighted by molar-refractivity contribution is 5.73. The summed E-state index contributed by atoms with van der Waals surface area (Å²) < 4.78 is 5.89. The molecule has 0 bridgehead atoms. The van der Waals surface area contributed by atoms with E-state index in [1.54, 1.807) is 12.3 Å². The molecule has 1 aliphatic rings. The number of aliphatic hydroxyl groups excluding tert-OH is 2. The maximum Gasteiger partial charge on any atom is 0.221 e. The molecule has 0 amide bonds. The Kier molecular flexibility index (Phi) is 4.30. The van der Waals surface area contributed by atoms with Crippen molar-refractivity contribution in [3.63, 3.8) is 0 Å². The quantitative estimate of drug-likeness (QED) is 0.751. The van der Waals surface area contributed by atoms with Gasteiger partial charge < -0.3 is 20.1 Å². The van der Waals surface area contributed by atoms with Crippen LogP contribution in [0.25, 0.3) is 11.1 Å². The first kappa shape index (κ1) is 16.5. The third kappa shape index (κ3) is 2.46. The van der Waals surface area contributed by atoms with Gasteiger partial charge in [0.25, 0.3) is 0 Å².